The predicted molar refractivity (Wildman–Crippen MR) is 129 cm³/mol. The summed E-state index contributed by atoms with van der Waals surface area (Å²) in [6.45, 7) is 10.7. The van der Waals surface area contributed by atoms with Gasteiger partial charge in [-0.3, -0.25) is 0 Å². The number of aromatic nitrogens is 2. The summed E-state index contributed by atoms with van der Waals surface area (Å²) in [5, 5.41) is 4.69. The zero-order valence-corrected chi connectivity index (χ0v) is 18.9. The van der Waals surface area contributed by atoms with E-state index in [0.717, 1.165) is 47.1 Å². The third kappa shape index (κ3) is 4.17. The molecule has 0 unspecified atom stereocenters. The first-order valence-corrected chi connectivity index (χ1v) is 11.3. The molecule has 0 bridgehead atoms. The van der Waals surface area contributed by atoms with Gasteiger partial charge in [-0.05, 0) is 63.1 Å². The number of benzene rings is 2. The van der Waals surface area contributed by atoms with Gasteiger partial charge in [0.15, 0.2) is 0 Å². The van der Waals surface area contributed by atoms with E-state index in [-0.39, 0.29) is 0 Å². The molecule has 154 valence electrons. The third-order valence-corrected chi connectivity index (χ3v) is 6.64. The Morgan fingerprint density at radius 1 is 0.900 bits per heavy atom. The molecule has 0 aliphatic carbocycles. The number of hydrogen-bond donors (Lipinski definition) is 1. The maximum atomic E-state index is 4.93. The summed E-state index contributed by atoms with van der Waals surface area (Å²) in [4.78, 5) is 14.5. The second kappa shape index (κ2) is 8.84. The van der Waals surface area contributed by atoms with Gasteiger partial charge in [-0.1, -0.05) is 30.3 Å². The summed E-state index contributed by atoms with van der Waals surface area (Å²) in [5.41, 5.74) is 4.76. The molecular formula is C25H28N4S. The highest BCUT2D eigenvalue weighted by Crippen LogP contribution is 2.35. The van der Waals surface area contributed by atoms with Crippen molar-refractivity contribution in [2.24, 2.45) is 0 Å². The van der Waals surface area contributed by atoms with E-state index >= 15 is 0 Å². The molecule has 2 heterocycles. The van der Waals surface area contributed by atoms with E-state index in [1.165, 1.54) is 21.7 Å². The molecular weight excluding hydrogens is 388 g/mol. The molecule has 4 aromatic rings. The highest BCUT2D eigenvalue weighted by atomic mass is 32.1. The molecule has 0 atom stereocenters. The van der Waals surface area contributed by atoms with Crippen LogP contribution in [-0.2, 0) is 6.42 Å². The van der Waals surface area contributed by atoms with Crippen LogP contribution in [0.2, 0.25) is 0 Å². The number of aryl methyl sites for hydroxylation is 2. The van der Waals surface area contributed by atoms with Crippen molar-refractivity contribution < 1.29 is 0 Å². The lowest BCUT2D eigenvalue weighted by molar-refractivity contribution is 0.866. The average Bonchev–Trinajstić information content (AvgIpc) is 3.04. The molecule has 1 N–H and O–H groups in total. The van der Waals surface area contributed by atoms with E-state index in [2.05, 4.69) is 86.4 Å². The molecule has 4 rings (SSSR count). The normalized spacial score (nSPS) is 11.1. The Kier molecular flexibility index (Phi) is 6.00. The van der Waals surface area contributed by atoms with E-state index in [4.69, 9.17) is 9.97 Å². The average molecular weight is 417 g/mol. The highest BCUT2D eigenvalue weighted by Gasteiger charge is 2.15. The SMILES string of the molecule is CCN(CC)c1ccc(Nc2nc(Cc3ccccc3)nc3sc(C)c(C)c23)cc1. The highest BCUT2D eigenvalue weighted by molar-refractivity contribution is 7.18. The van der Waals surface area contributed by atoms with Gasteiger partial charge in [-0.25, -0.2) is 9.97 Å². The van der Waals surface area contributed by atoms with Gasteiger partial charge >= 0.3 is 0 Å². The fourth-order valence-electron chi connectivity index (χ4n) is 3.72. The van der Waals surface area contributed by atoms with Gasteiger partial charge in [0.2, 0.25) is 0 Å². The van der Waals surface area contributed by atoms with Gasteiger partial charge in [0.25, 0.3) is 0 Å². The minimum absolute atomic E-state index is 0.725. The quantitative estimate of drug-likeness (QED) is 0.374. The smallest absolute Gasteiger partial charge is 0.143 e. The monoisotopic (exact) mass is 416 g/mol. The van der Waals surface area contributed by atoms with Crippen LogP contribution in [0.5, 0.6) is 0 Å². The maximum absolute atomic E-state index is 4.93. The van der Waals surface area contributed by atoms with Crippen LogP contribution in [0.15, 0.2) is 54.6 Å². The Bertz CT molecular complexity index is 1130. The van der Waals surface area contributed by atoms with Crippen molar-refractivity contribution in [3.63, 3.8) is 0 Å². The Labute approximate surface area is 182 Å². The standard InChI is InChI=1S/C25H28N4S/c1-5-29(6-2)21-14-12-20(13-15-21)26-24-23-17(3)18(4)30-25(23)28-22(27-24)16-19-10-8-7-9-11-19/h7-15H,5-6,16H2,1-4H3,(H,26,27,28). The minimum atomic E-state index is 0.725. The van der Waals surface area contributed by atoms with Crippen molar-refractivity contribution in [3.8, 4) is 0 Å². The van der Waals surface area contributed by atoms with Crippen molar-refractivity contribution in [2.45, 2.75) is 34.1 Å². The zero-order chi connectivity index (χ0) is 21.1. The summed E-state index contributed by atoms with van der Waals surface area (Å²) in [5.74, 6) is 1.74. The van der Waals surface area contributed by atoms with E-state index < -0.39 is 0 Å². The summed E-state index contributed by atoms with van der Waals surface area (Å²) in [6, 6.07) is 19.0. The zero-order valence-electron chi connectivity index (χ0n) is 18.1. The van der Waals surface area contributed by atoms with Crippen LogP contribution in [0, 0.1) is 13.8 Å². The van der Waals surface area contributed by atoms with Crippen molar-refractivity contribution in [3.05, 3.63) is 76.4 Å². The molecule has 5 heteroatoms. The Hall–Kier alpha value is -2.92. The van der Waals surface area contributed by atoms with Crippen LogP contribution in [0.1, 0.15) is 35.7 Å². The first kappa shape index (κ1) is 20.4. The molecule has 30 heavy (non-hydrogen) atoms. The Morgan fingerprint density at radius 2 is 1.60 bits per heavy atom. The topological polar surface area (TPSA) is 41.0 Å². The Morgan fingerprint density at radius 3 is 2.27 bits per heavy atom. The number of anilines is 3. The summed E-state index contributed by atoms with van der Waals surface area (Å²) in [7, 11) is 0. The molecule has 0 saturated heterocycles. The van der Waals surface area contributed by atoms with E-state index in [1.807, 2.05) is 6.07 Å². The minimum Gasteiger partial charge on any atom is -0.372 e. The molecule has 0 radical (unpaired) electrons. The van der Waals surface area contributed by atoms with Crippen LogP contribution in [0.3, 0.4) is 0 Å². The van der Waals surface area contributed by atoms with Crippen molar-refractivity contribution in [1.82, 2.24) is 9.97 Å². The van der Waals surface area contributed by atoms with Crippen molar-refractivity contribution in [1.29, 1.82) is 0 Å². The van der Waals surface area contributed by atoms with Gasteiger partial charge in [-0.2, -0.15) is 0 Å². The summed E-state index contributed by atoms with van der Waals surface area (Å²) in [6.07, 6.45) is 0.725. The van der Waals surface area contributed by atoms with Crippen LogP contribution >= 0.6 is 11.3 Å². The fraction of sp³-hybridized carbons (Fsp3) is 0.280. The fourth-order valence-corrected chi connectivity index (χ4v) is 4.77. The van der Waals surface area contributed by atoms with Gasteiger partial charge in [-0.15, -0.1) is 11.3 Å². The third-order valence-electron chi connectivity index (χ3n) is 5.54. The van der Waals surface area contributed by atoms with Gasteiger partial charge in [0, 0.05) is 35.8 Å². The van der Waals surface area contributed by atoms with Gasteiger partial charge in [0.05, 0.1) is 5.39 Å². The Balaban J connectivity index is 1.69. The first-order valence-electron chi connectivity index (χ1n) is 10.5. The van der Waals surface area contributed by atoms with E-state index in [9.17, 15) is 0 Å². The number of thiophene rings is 1. The van der Waals surface area contributed by atoms with Crippen molar-refractivity contribution in [2.75, 3.05) is 23.3 Å². The lowest BCUT2D eigenvalue weighted by Gasteiger charge is -2.21. The molecule has 0 spiro atoms. The summed E-state index contributed by atoms with van der Waals surface area (Å²) < 4.78 is 0. The second-order valence-corrected chi connectivity index (χ2v) is 8.66. The predicted octanol–water partition coefficient (Wildman–Crippen LogP) is 6.49. The van der Waals surface area contributed by atoms with Crippen molar-refractivity contribution >= 4 is 38.7 Å². The van der Waals surface area contributed by atoms with Crippen LogP contribution in [-0.4, -0.2) is 23.1 Å². The maximum Gasteiger partial charge on any atom is 0.143 e. The number of hydrogen-bond acceptors (Lipinski definition) is 5. The van der Waals surface area contributed by atoms with Gasteiger partial charge in [0.1, 0.15) is 16.5 Å². The number of fused-ring (bicyclic) bond motifs is 1. The molecule has 0 saturated carbocycles. The largest absolute Gasteiger partial charge is 0.372 e. The van der Waals surface area contributed by atoms with E-state index in [1.54, 1.807) is 11.3 Å². The van der Waals surface area contributed by atoms with Crippen LogP contribution < -0.4 is 10.2 Å². The second-order valence-electron chi connectivity index (χ2n) is 7.46. The molecule has 2 aromatic carbocycles. The summed E-state index contributed by atoms with van der Waals surface area (Å²) >= 11 is 1.74. The molecule has 0 fully saturated rings. The molecule has 0 amide bonds. The number of nitrogens with zero attached hydrogens (tertiary/aromatic N) is 3. The van der Waals surface area contributed by atoms with E-state index in [0.29, 0.717) is 0 Å². The number of nitrogens with one attached hydrogen (secondary N) is 1. The van der Waals surface area contributed by atoms with Crippen LogP contribution in [0.25, 0.3) is 10.2 Å². The van der Waals surface area contributed by atoms with Gasteiger partial charge < -0.3 is 10.2 Å². The lowest BCUT2D eigenvalue weighted by atomic mass is 10.1. The first-order chi connectivity index (χ1) is 14.6. The molecule has 4 nitrogen and oxygen atoms in total. The van der Waals surface area contributed by atoms with Crippen LogP contribution in [0.4, 0.5) is 17.2 Å². The lowest BCUT2D eigenvalue weighted by Crippen LogP contribution is -2.21. The molecule has 0 aliphatic rings. The number of rotatable bonds is 7. The molecule has 0 aliphatic heterocycles. The molecule has 2 aromatic heterocycles.